The Bertz CT molecular complexity index is 543. The minimum atomic E-state index is -2.42. The lowest BCUT2D eigenvalue weighted by atomic mass is 10.2. The van der Waals surface area contributed by atoms with Crippen LogP contribution >= 0.6 is 23.1 Å². The molecule has 0 amide bonds. The summed E-state index contributed by atoms with van der Waals surface area (Å²) in [4.78, 5) is 4.95. The molecule has 0 saturated carbocycles. The third kappa shape index (κ3) is 3.91. The van der Waals surface area contributed by atoms with Gasteiger partial charge < -0.3 is 5.32 Å². The minimum Gasteiger partial charge on any atom is -0.376 e. The second kappa shape index (κ2) is 6.34. The highest BCUT2D eigenvalue weighted by atomic mass is 32.2. The zero-order valence-electron chi connectivity index (χ0n) is 10.6. The molecular weight excluding hydrogens is 286 g/mol. The van der Waals surface area contributed by atoms with Crippen molar-refractivity contribution in [3.8, 4) is 0 Å². The van der Waals surface area contributed by atoms with E-state index in [0.717, 1.165) is 10.7 Å². The summed E-state index contributed by atoms with van der Waals surface area (Å²) in [6.45, 7) is 3.92. The van der Waals surface area contributed by atoms with Crippen LogP contribution in [-0.2, 0) is 0 Å². The molecular formula is C13H14F2N2S2. The van der Waals surface area contributed by atoms with Crippen LogP contribution in [0.25, 0.3) is 0 Å². The van der Waals surface area contributed by atoms with Crippen molar-refractivity contribution in [3.05, 3.63) is 40.3 Å². The van der Waals surface area contributed by atoms with Crippen LogP contribution in [-0.4, -0.2) is 10.7 Å². The van der Waals surface area contributed by atoms with E-state index in [1.165, 1.54) is 0 Å². The van der Waals surface area contributed by atoms with Crippen LogP contribution in [0, 0.1) is 6.92 Å². The molecule has 0 aliphatic rings. The number of alkyl halides is 2. The molecule has 2 nitrogen and oxygen atoms in total. The number of rotatable bonds is 5. The summed E-state index contributed by atoms with van der Waals surface area (Å²) in [5, 5.41) is 6.22. The predicted molar refractivity (Wildman–Crippen MR) is 77.2 cm³/mol. The molecule has 6 heteroatoms. The molecule has 0 saturated heterocycles. The van der Waals surface area contributed by atoms with E-state index < -0.39 is 5.76 Å². The van der Waals surface area contributed by atoms with Gasteiger partial charge in [0.25, 0.3) is 5.76 Å². The second-order valence-electron chi connectivity index (χ2n) is 4.03. The fourth-order valence-electron chi connectivity index (χ4n) is 1.67. The fraction of sp³-hybridized carbons (Fsp3) is 0.308. The number of aromatic nitrogens is 1. The number of hydrogen-bond acceptors (Lipinski definition) is 4. The van der Waals surface area contributed by atoms with Crippen LogP contribution < -0.4 is 5.32 Å². The van der Waals surface area contributed by atoms with Gasteiger partial charge in [-0.1, -0.05) is 23.9 Å². The molecule has 0 fully saturated rings. The summed E-state index contributed by atoms with van der Waals surface area (Å²) in [5.41, 5.74) is 1.64. The normalized spacial score (nSPS) is 12.7. The molecule has 1 unspecified atom stereocenters. The summed E-state index contributed by atoms with van der Waals surface area (Å²) in [6, 6.07) is 7.08. The maximum Gasteiger partial charge on any atom is 0.288 e. The lowest BCUT2D eigenvalue weighted by Crippen LogP contribution is -2.08. The molecule has 2 aromatic rings. The summed E-state index contributed by atoms with van der Waals surface area (Å²) in [5.74, 6) is -2.42. The Morgan fingerprint density at radius 2 is 2.05 bits per heavy atom. The third-order valence-corrected chi connectivity index (χ3v) is 4.14. The van der Waals surface area contributed by atoms with Crippen LogP contribution in [0.5, 0.6) is 0 Å². The number of hydrogen-bond donors (Lipinski definition) is 1. The topological polar surface area (TPSA) is 24.9 Å². The Labute approximate surface area is 119 Å². The Kier molecular flexibility index (Phi) is 4.76. The molecule has 1 aromatic heterocycles. The Hall–Kier alpha value is -1.14. The van der Waals surface area contributed by atoms with Crippen LogP contribution in [0.4, 0.5) is 14.5 Å². The van der Waals surface area contributed by atoms with Gasteiger partial charge in [-0.3, -0.25) is 0 Å². The van der Waals surface area contributed by atoms with E-state index >= 15 is 0 Å². The highest BCUT2D eigenvalue weighted by Gasteiger charge is 2.13. The SMILES string of the molecule is Cc1nc(C(C)Nc2ccccc2SC(F)F)cs1. The van der Waals surface area contributed by atoms with Crippen molar-refractivity contribution in [2.45, 2.75) is 30.5 Å². The van der Waals surface area contributed by atoms with Crippen molar-refractivity contribution < 1.29 is 8.78 Å². The lowest BCUT2D eigenvalue weighted by Gasteiger charge is -2.16. The number of para-hydroxylation sites is 1. The van der Waals surface area contributed by atoms with E-state index in [1.807, 2.05) is 25.3 Å². The number of nitrogens with one attached hydrogen (secondary N) is 1. The average Bonchev–Trinajstić information content (AvgIpc) is 2.78. The third-order valence-electron chi connectivity index (χ3n) is 2.56. The maximum atomic E-state index is 12.5. The van der Waals surface area contributed by atoms with Gasteiger partial charge >= 0.3 is 0 Å². The number of nitrogens with zero attached hydrogens (tertiary/aromatic N) is 1. The van der Waals surface area contributed by atoms with E-state index in [9.17, 15) is 8.78 Å². The molecule has 0 aliphatic heterocycles. The smallest absolute Gasteiger partial charge is 0.288 e. The molecule has 0 spiro atoms. The van der Waals surface area contributed by atoms with Crippen molar-refractivity contribution in [3.63, 3.8) is 0 Å². The first-order chi connectivity index (χ1) is 9.06. The number of thioether (sulfide) groups is 1. The van der Waals surface area contributed by atoms with Crippen molar-refractivity contribution in [2.24, 2.45) is 0 Å². The van der Waals surface area contributed by atoms with Crippen LogP contribution in [0.3, 0.4) is 0 Å². The highest BCUT2D eigenvalue weighted by molar-refractivity contribution is 7.99. The van der Waals surface area contributed by atoms with Crippen LogP contribution in [0.2, 0.25) is 0 Å². The zero-order chi connectivity index (χ0) is 13.8. The number of anilines is 1. The quantitative estimate of drug-likeness (QED) is 0.792. The average molecular weight is 300 g/mol. The Balaban J connectivity index is 2.14. The van der Waals surface area contributed by atoms with Crippen LogP contribution in [0.1, 0.15) is 23.7 Å². The van der Waals surface area contributed by atoms with Crippen molar-refractivity contribution in [1.82, 2.24) is 4.98 Å². The van der Waals surface area contributed by atoms with E-state index in [0.29, 0.717) is 22.3 Å². The van der Waals surface area contributed by atoms with Gasteiger partial charge in [-0.2, -0.15) is 8.78 Å². The zero-order valence-corrected chi connectivity index (χ0v) is 12.2. The molecule has 1 N–H and O–H groups in total. The first kappa shape index (κ1) is 14.3. The molecule has 0 bridgehead atoms. The maximum absolute atomic E-state index is 12.5. The van der Waals surface area contributed by atoms with Gasteiger partial charge in [0.2, 0.25) is 0 Å². The Morgan fingerprint density at radius 3 is 2.68 bits per heavy atom. The second-order valence-corrected chi connectivity index (χ2v) is 6.13. The monoisotopic (exact) mass is 300 g/mol. The summed E-state index contributed by atoms with van der Waals surface area (Å²) >= 11 is 2.14. The number of aryl methyl sites for hydroxylation is 1. The molecule has 0 radical (unpaired) electrons. The highest BCUT2D eigenvalue weighted by Crippen LogP contribution is 2.33. The summed E-state index contributed by atoms with van der Waals surface area (Å²) in [7, 11) is 0. The molecule has 1 heterocycles. The Morgan fingerprint density at radius 1 is 1.32 bits per heavy atom. The molecule has 0 aliphatic carbocycles. The number of thiazole rings is 1. The van der Waals surface area contributed by atoms with Crippen molar-refractivity contribution >= 4 is 28.8 Å². The van der Waals surface area contributed by atoms with E-state index in [-0.39, 0.29) is 6.04 Å². The van der Waals surface area contributed by atoms with E-state index in [4.69, 9.17) is 0 Å². The van der Waals surface area contributed by atoms with Gasteiger partial charge in [0.1, 0.15) is 0 Å². The van der Waals surface area contributed by atoms with Crippen molar-refractivity contribution in [1.29, 1.82) is 0 Å². The van der Waals surface area contributed by atoms with Gasteiger partial charge in [-0.15, -0.1) is 11.3 Å². The van der Waals surface area contributed by atoms with Crippen LogP contribution in [0.15, 0.2) is 34.5 Å². The first-order valence-corrected chi connectivity index (χ1v) is 7.54. The molecule has 102 valence electrons. The minimum absolute atomic E-state index is 0.00984. The first-order valence-electron chi connectivity index (χ1n) is 5.78. The van der Waals surface area contributed by atoms with Gasteiger partial charge in [0.15, 0.2) is 0 Å². The molecule has 19 heavy (non-hydrogen) atoms. The van der Waals surface area contributed by atoms with Gasteiger partial charge in [0, 0.05) is 16.0 Å². The van der Waals surface area contributed by atoms with Gasteiger partial charge in [-0.25, -0.2) is 4.98 Å². The summed E-state index contributed by atoms with van der Waals surface area (Å²) < 4.78 is 25.0. The standard InChI is InChI=1S/C13H14F2N2S2/c1-8(11-7-18-9(2)17-11)16-10-5-3-4-6-12(10)19-13(14)15/h3-8,13,16H,1-2H3. The van der Waals surface area contributed by atoms with Gasteiger partial charge in [0.05, 0.1) is 16.7 Å². The fourth-order valence-corrected chi connectivity index (χ4v) is 2.98. The molecule has 1 atom stereocenters. The summed E-state index contributed by atoms with van der Waals surface area (Å²) in [6.07, 6.45) is 0. The predicted octanol–water partition coefficient (Wildman–Crippen LogP) is 4.94. The van der Waals surface area contributed by atoms with E-state index in [2.05, 4.69) is 10.3 Å². The largest absolute Gasteiger partial charge is 0.376 e. The van der Waals surface area contributed by atoms with E-state index in [1.54, 1.807) is 29.5 Å². The van der Waals surface area contributed by atoms with Crippen molar-refractivity contribution in [2.75, 3.05) is 5.32 Å². The molecule has 2 rings (SSSR count). The number of benzene rings is 1. The lowest BCUT2D eigenvalue weighted by molar-refractivity contribution is 0.252. The molecule has 1 aromatic carbocycles. The van der Waals surface area contributed by atoms with Gasteiger partial charge in [-0.05, 0) is 26.0 Å². The number of halogens is 2.